The highest BCUT2D eigenvalue weighted by molar-refractivity contribution is 4.85. The summed E-state index contributed by atoms with van der Waals surface area (Å²) >= 11 is 0. The fourth-order valence-corrected chi connectivity index (χ4v) is 4.57. The largest absolute Gasteiger partial charge is 0.312 e. The number of likely N-dealkylation sites (tertiary alicyclic amines) is 2. The summed E-state index contributed by atoms with van der Waals surface area (Å²) in [4.78, 5) is 5.50. The van der Waals surface area contributed by atoms with Crippen LogP contribution in [0.2, 0.25) is 0 Å². The summed E-state index contributed by atoms with van der Waals surface area (Å²) in [5.41, 5.74) is 0. The normalized spacial score (nSPS) is 29.0. The molecule has 0 bridgehead atoms. The van der Waals surface area contributed by atoms with E-state index in [1.165, 1.54) is 90.5 Å². The molecule has 0 aromatic heterocycles. The number of hydrogen-bond donors (Lipinski definition) is 1. The summed E-state index contributed by atoms with van der Waals surface area (Å²) in [6, 6.07) is 2.42. The van der Waals surface area contributed by atoms with Crippen LogP contribution in [0.3, 0.4) is 0 Å². The highest BCUT2D eigenvalue weighted by Crippen LogP contribution is 2.22. The lowest BCUT2D eigenvalue weighted by molar-refractivity contribution is 0.0751. The second-order valence-electron chi connectivity index (χ2n) is 7.60. The van der Waals surface area contributed by atoms with Gasteiger partial charge in [0.25, 0.3) is 0 Å². The molecular formula is C18H35N3. The van der Waals surface area contributed by atoms with Gasteiger partial charge in [0.05, 0.1) is 0 Å². The number of piperidine rings is 2. The molecular weight excluding hydrogens is 258 g/mol. The minimum atomic E-state index is 0.716. The molecule has 3 rings (SSSR count). The lowest BCUT2D eigenvalue weighted by atomic mass is 9.99. The summed E-state index contributed by atoms with van der Waals surface area (Å²) in [6.07, 6.45) is 12.8. The standard InChI is InChI=1S/C18H35N3/c1-16(15-19-17-7-3-4-8-17)20-13-9-18(10-14-20)21-11-5-2-6-12-21/h16-19H,2-15H2,1H3. The van der Waals surface area contributed by atoms with Crippen LogP contribution in [-0.2, 0) is 0 Å². The van der Waals surface area contributed by atoms with E-state index in [1.807, 2.05) is 0 Å². The lowest BCUT2D eigenvalue weighted by Gasteiger charge is -2.42. The van der Waals surface area contributed by atoms with Gasteiger partial charge in [-0.05, 0) is 71.6 Å². The van der Waals surface area contributed by atoms with Crippen molar-refractivity contribution in [1.82, 2.24) is 15.1 Å². The van der Waals surface area contributed by atoms with E-state index in [-0.39, 0.29) is 0 Å². The van der Waals surface area contributed by atoms with E-state index >= 15 is 0 Å². The van der Waals surface area contributed by atoms with Crippen molar-refractivity contribution in [3.05, 3.63) is 0 Å². The first kappa shape index (κ1) is 15.8. The van der Waals surface area contributed by atoms with Gasteiger partial charge in [0, 0.05) is 24.7 Å². The maximum absolute atomic E-state index is 3.80. The molecule has 1 unspecified atom stereocenters. The van der Waals surface area contributed by atoms with Crippen molar-refractivity contribution < 1.29 is 0 Å². The molecule has 0 aromatic carbocycles. The Bertz CT molecular complexity index is 287. The minimum Gasteiger partial charge on any atom is -0.312 e. The van der Waals surface area contributed by atoms with Gasteiger partial charge in [0.1, 0.15) is 0 Å². The predicted molar refractivity (Wildman–Crippen MR) is 89.7 cm³/mol. The topological polar surface area (TPSA) is 18.5 Å². The van der Waals surface area contributed by atoms with Crippen LogP contribution in [0.5, 0.6) is 0 Å². The fourth-order valence-electron chi connectivity index (χ4n) is 4.57. The van der Waals surface area contributed by atoms with Crippen LogP contribution in [-0.4, -0.2) is 60.6 Å². The Labute approximate surface area is 131 Å². The molecule has 0 aromatic rings. The lowest BCUT2D eigenvalue weighted by Crippen LogP contribution is -2.51. The number of nitrogens with one attached hydrogen (secondary N) is 1. The third kappa shape index (κ3) is 4.43. The Morgan fingerprint density at radius 2 is 1.52 bits per heavy atom. The number of rotatable bonds is 5. The summed E-state index contributed by atoms with van der Waals surface area (Å²) in [5, 5.41) is 3.80. The average Bonchev–Trinajstić information content (AvgIpc) is 3.07. The monoisotopic (exact) mass is 293 g/mol. The van der Waals surface area contributed by atoms with Gasteiger partial charge in [-0.3, -0.25) is 4.90 Å². The van der Waals surface area contributed by atoms with Gasteiger partial charge in [-0.15, -0.1) is 0 Å². The van der Waals surface area contributed by atoms with Gasteiger partial charge in [-0.2, -0.15) is 0 Å². The molecule has 21 heavy (non-hydrogen) atoms. The molecule has 2 heterocycles. The smallest absolute Gasteiger partial charge is 0.0192 e. The van der Waals surface area contributed by atoms with Crippen molar-refractivity contribution >= 4 is 0 Å². The van der Waals surface area contributed by atoms with Crippen molar-refractivity contribution in [1.29, 1.82) is 0 Å². The van der Waals surface area contributed by atoms with Gasteiger partial charge in [-0.1, -0.05) is 19.3 Å². The summed E-state index contributed by atoms with van der Waals surface area (Å²) in [6.45, 7) is 8.97. The van der Waals surface area contributed by atoms with E-state index in [0.717, 1.165) is 12.1 Å². The molecule has 3 heteroatoms. The Morgan fingerprint density at radius 3 is 2.19 bits per heavy atom. The van der Waals surface area contributed by atoms with Gasteiger partial charge in [0.15, 0.2) is 0 Å². The van der Waals surface area contributed by atoms with E-state index in [4.69, 9.17) is 0 Å². The molecule has 2 saturated heterocycles. The van der Waals surface area contributed by atoms with E-state index in [9.17, 15) is 0 Å². The molecule has 3 fully saturated rings. The second-order valence-corrected chi connectivity index (χ2v) is 7.60. The van der Waals surface area contributed by atoms with Gasteiger partial charge >= 0.3 is 0 Å². The summed E-state index contributed by atoms with van der Waals surface area (Å²) < 4.78 is 0. The van der Waals surface area contributed by atoms with Crippen LogP contribution in [0.15, 0.2) is 0 Å². The first-order chi connectivity index (χ1) is 10.3. The van der Waals surface area contributed by atoms with Crippen molar-refractivity contribution in [3.8, 4) is 0 Å². The molecule has 3 nitrogen and oxygen atoms in total. The van der Waals surface area contributed by atoms with Gasteiger partial charge in [-0.25, -0.2) is 0 Å². The van der Waals surface area contributed by atoms with Crippen molar-refractivity contribution in [3.63, 3.8) is 0 Å². The van der Waals surface area contributed by atoms with E-state index in [0.29, 0.717) is 6.04 Å². The van der Waals surface area contributed by atoms with Crippen LogP contribution in [0.1, 0.15) is 64.7 Å². The third-order valence-electron chi connectivity index (χ3n) is 6.09. The molecule has 0 amide bonds. The molecule has 0 radical (unpaired) electrons. The Morgan fingerprint density at radius 1 is 0.857 bits per heavy atom. The highest BCUT2D eigenvalue weighted by Gasteiger charge is 2.27. The quantitative estimate of drug-likeness (QED) is 0.841. The molecule has 1 N–H and O–H groups in total. The second kappa shape index (κ2) is 7.94. The summed E-state index contributed by atoms with van der Waals surface area (Å²) in [5.74, 6) is 0. The molecule has 122 valence electrons. The molecule has 3 aliphatic rings. The first-order valence-corrected chi connectivity index (χ1v) is 9.54. The third-order valence-corrected chi connectivity index (χ3v) is 6.09. The van der Waals surface area contributed by atoms with Crippen molar-refractivity contribution in [2.75, 3.05) is 32.7 Å². The Balaban J connectivity index is 1.36. The number of hydrogen-bond acceptors (Lipinski definition) is 3. The van der Waals surface area contributed by atoms with Gasteiger partial charge < -0.3 is 10.2 Å². The van der Waals surface area contributed by atoms with Crippen molar-refractivity contribution in [2.24, 2.45) is 0 Å². The molecule has 0 spiro atoms. The van der Waals surface area contributed by atoms with Crippen LogP contribution in [0.4, 0.5) is 0 Å². The number of nitrogens with zero attached hydrogens (tertiary/aromatic N) is 2. The first-order valence-electron chi connectivity index (χ1n) is 9.54. The zero-order valence-electron chi connectivity index (χ0n) is 14.0. The zero-order chi connectivity index (χ0) is 14.5. The molecule has 1 aliphatic carbocycles. The SMILES string of the molecule is CC(CNC1CCCC1)N1CCC(N2CCCCC2)CC1. The van der Waals surface area contributed by atoms with Crippen molar-refractivity contribution in [2.45, 2.75) is 82.8 Å². The Hall–Kier alpha value is -0.120. The maximum atomic E-state index is 3.80. The highest BCUT2D eigenvalue weighted by atomic mass is 15.2. The van der Waals surface area contributed by atoms with E-state index < -0.39 is 0 Å². The van der Waals surface area contributed by atoms with Crippen LogP contribution >= 0.6 is 0 Å². The fraction of sp³-hybridized carbons (Fsp3) is 1.00. The van der Waals surface area contributed by atoms with E-state index in [1.54, 1.807) is 0 Å². The molecule has 1 atom stereocenters. The van der Waals surface area contributed by atoms with E-state index in [2.05, 4.69) is 22.0 Å². The van der Waals surface area contributed by atoms with Crippen LogP contribution < -0.4 is 5.32 Å². The minimum absolute atomic E-state index is 0.716. The maximum Gasteiger partial charge on any atom is 0.0192 e. The molecule has 2 aliphatic heterocycles. The predicted octanol–water partition coefficient (Wildman–Crippen LogP) is 2.86. The van der Waals surface area contributed by atoms with Crippen LogP contribution in [0.25, 0.3) is 0 Å². The Kier molecular flexibility index (Phi) is 5.96. The summed E-state index contributed by atoms with van der Waals surface area (Å²) in [7, 11) is 0. The van der Waals surface area contributed by atoms with Gasteiger partial charge in [0.2, 0.25) is 0 Å². The average molecular weight is 293 g/mol. The zero-order valence-corrected chi connectivity index (χ0v) is 14.0. The van der Waals surface area contributed by atoms with Crippen LogP contribution in [0, 0.1) is 0 Å². The molecule has 1 saturated carbocycles.